The van der Waals surface area contributed by atoms with Crippen molar-refractivity contribution >= 4 is 11.6 Å². The van der Waals surface area contributed by atoms with Crippen LogP contribution >= 0.6 is 11.6 Å². The third kappa shape index (κ3) is 3.45. The van der Waals surface area contributed by atoms with Gasteiger partial charge in [-0.15, -0.1) is 0 Å². The zero-order valence-corrected chi connectivity index (χ0v) is 10.9. The molecule has 0 saturated heterocycles. The summed E-state index contributed by atoms with van der Waals surface area (Å²) in [5.74, 6) is 0.836. The molecule has 0 atom stereocenters. The zero-order valence-electron chi connectivity index (χ0n) is 10.2. The van der Waals surface area contributed by atoms with Crippen molar-refractivity contribution in [3.63, 3.8) is 0 Å². The predicted molar refractivity (Wildman–Crippen MR) is 72.8 cm³/mol. The van der Waals surface area contributed by atoms with E-state index in [0.29, 0.717) is 11.8 Å². The van der Waals surface area contributed by atoms with E-state index in [0.717, 1.165) is 17.9 Å². The number of nitrogens with zero attached hydrogens (tertiary/aromatic N) is 1. The normalized spacial score (nSPS) is 10.3. The third-order valence-corrected chi connectivity index (χ3v) is 2.85. The highest BCUT2D eigenvalue weighted by Gasteiger charge is 2.02. The van der Waals surface area contributed by atoms with Crippen LogP contribution in [0.25, 0.3) is 0 Å². The highest BCUT2D eigenvalue weighted by Crippen LogP contribution is 2.17. The van der Waals surface area contributed by atoms with Crippen LogP contribution in [0.15, 0.2) is 42.6 Å². The Hall–Kier alpha value is -1.58. The van der Waals surface area contributed by atoms with E-state index in [4.69, 9.17) is 16.3 Å². The van der Waals surface area contributed by atoms with Gasteiger partial charge >= 0.3 is 0 Å². The smallest absolute Gasteiger partial charge is 0.135 e. The molecule has 0 radical (unpaired) electrons. The van der Waals surface area contributed by atoms with Gasteiger partial charge in [-0.1, -0.05) is 29.8 Å². The van der Waals surface area contributed by atoms with Gasteiger partial charge in [0, 0.05) is 18.3 Å². The van der Waals surface area contributed by atoms with Crippen LogP contribution in [0.3, 0.4) is 0 Å². The van der Waals surface area contributed by atoms with Crippen molar-refractivity contribution in [3.8, 4) is 5.75 Å². The molecule has 2 aromatic rings. The first-order valence-corrected chi connectivity index (χ1v) is 6.13. The topological polar surface area (TPSA) is 34.1 Å². The zero-order chi connectivity index (χ0) is 12.8. The van der Waals surface area contributed by atoms with Crippen LogP contribution in [-0.2, 0) is 13.2 Å². The maximum absolute atomic E-state index is 5.97. The quantitative estimate of drug-likeness (QED) is 0.841. The summed E-state index contributed by atoms with van der Waals surface area (Å²) in [5, 5.41) is 3.60. The van der Waals surface area contributed by atoms with E-state index in [-0.39, 0.29) is 0 Å². The van der Waals surface area contributed by atoms with E-state index in [9.17, 15) is 0 Å². The lowest BCUT2D eigenvalue weighted by Crippen LogP contribution is -2.05. The van der Waals surface area contributed by atoms with Crippen molar-refractivity contribution in [1.29, 1.82) is 0 Å². The average molecular weight is 263 g/mol. The van der Waals surface area contributed by atoms with Gasteiger partial charge in [0.1, 0.15) is 17.5 Å². The Labute approximate surface area is 112 Å². The predicted octanol–water partition coefficient (Wildman–Crippen LogP) is 3.03. The van der Waals surface area contributed by atoms with Crippen molar-refractivity contribution < 1.29 is 4.74 Å². The third-order valence-electron chi connectivity index (χ3n) is 2.51. The van der Waals surface area contributed by atoms with E-state index in [1.165, 1.54) is 5.56 Å². The molecule has 0 aliphatic rings. The summed E-state index contributed by atoms with van der Waals surface area (Å²) >= 11 is 5.97. The van der Waals surface area contributed by atoms with Crippen LogP contribution in [-0.4, -0.2) is 12.0 Å². The molecule has 0 aliphatic heterocycles. The van der Waals surface area contributed by atoms with Gasteiger partial charge in [0.05, 0.1) is 0 Å². The van der Waals surface area contributed by atoms with E-state index < -0.39 is 0 Å². The minimum Gasteiger partial charge on any atom is -0.489 e. The Bertz CT molecular complexity index is 517. The molecule has 3 nitrogen and oxygen atoms in total. The molecule has 18 heavy (non-hydrogen) atoms. The molecule has 0 aliphatic carbocycles. The number of nitrogens with one attached hydrogen (secondary N) is 1. The van der Waals surface area contributed by atoms with Crippen molar-refractivity contribution in [1.82, 2.24) is 10.3 Å². The van der Waals surface area contributed by atoms with Gasteiger partial charge in [0.25, 0.3) is 0 Å². The van der Waals surface area contributed by atoms with Gasteiger partial charge in [0.15, 0.2) is 0 Å². The summed E-state index contributed by atoms with van der Waals surface area (Å²) in [6.07, 6.45) is 1.67. The molecule has 0 saturated carbocycles. The minimum atomic E-state index is 0.426. The van der Waals surface area contributed by atoms with Crippen LogP contribution in [0.2, 0.25) is 5.15 Å². The van der Waals surface area contributed by atoms with Crippen LogP contribution in [0.4, 0.5) is 0 Å². The first kappa shape index (κ1) is 12.9. The second kappa shape index (κ2) is 6.38. The number of halogens is 1. The molecular formula is C14H15ClN2O. The summed E-state index contributed by atoms with van der Waals surface area (Å²) in [5.41, 5.74) is 2.07. The van der Waals surface area contributed by atoms with Crippen molar-refractivity contribution in [2.45, 2.75) is 13.2 Å². The number of rotatable bonds is 5. The second-order valence-electron chi connectivity index (χ2n) is 3.92. The summed E-state index contributed by atoms with van der Waals surface area (Å²) in [6.45, 7) is 1.25. The van der Waals surface area contributed by atoms with Crippen LogP contribution in [0, 0.1) is 0 Å². The maximum Gasteiger partial charge on any atom is 0.135 e. The summed E-state index contributed by atoms with van der Waals surface area (Å²) in [4.78, 5) is 4.01. The molecule has 4 heteroatoms. The Kier molecular flexibility index (Phi) is 4.56. The SMILES string of the molecule is CNCc1cccc(OCc2cccnc2Cl)c1. The molecule has 0 fully saturated rings. The van der Waals surface area contributed by atoms with Gasteiger partial charge in [0.2, 0.25) is 0 Å². The maximum atomic E-state index is 5.97. The number of ether oxygens (including phenoxy) is 1. The van der Waals surface area contributed by atoms with Crippen molar-refractivity contribution in [2.75, 3.05) is 7.05 Å². The highest BCUT2D eigenvalue weighted by atomic mass is 35.5. The monoisotopic (exact) mass is 262 g/mol. The molecule has 0 unspecified atom stereocenters. The Morgan fingerprint density at radius 3 is 2.94 bits per heavy atom. The van der Waals surface area contributed by atoms with Gasteiger partial charge in [-0.05, 0) is 30.8 Å². The highest BCUT2D eigenvalue weighted by molar-refractivity contribution is 6.30. The van der Waals surface area contributed by atoms with Crippen LogP contribution in [0.5, 0.6) is 5.75 Å². The average Bonchev–Trinajstić information content (AvgIpc) is 2.39. The van der Waals surface area contributed by atoms with Gasteiger partial charge in [-0.3, -0.25) is 0 Å². The summed E-state index contributed by atoms with van der Waals surface area (Å²) in [7, 11) is 1.92. The molecule has 0 bridgehead atoms. The fraction of sp³-hybridized carbons (Fsp3) is 0.214. The van der Waals surface area contributed by atoms with E-state index in [1.54, 1.807) is 6.20 Å². The molecule has 2 rings (SSSR count). The number of benzene rings is 1. The molecule has 1 aromatic heterocycles. The fourth-order valence-electron chi connectivity index (χ4n) is 1.64. The molecule has 94 valence electrons. The molecule has 0 amide bonds. The standard InChI is InChI=1S/C14H15ClN2O/c1-16-9-11-4-2-6-13(8-11)18-10-12-5-3-7-17-14(12)15/h2-8,16H,9-10H2,1H3. The lowest BCUT2D eigenvalue weighted by molar-refractivity contribution is 0.305. The second-order valence-corrected chi connectivity index (χ2v) is 4.28. The Morgan fingerprint density at radius 2 is 2.17 bits per heavy atom. The molecule has 1 aromatic carbocycles. The number of hydrogen-bond acceptors (Lipinski definition) is 3. The van der Waals surface area contributed by atoms with Crippen molar-refractivity contribution in [3.05, 3.63) is 58.9 Å². The van der Waals surface area contributed by atoms with Gasteiger partial charge in [-0.2, -0.15) is 0 Å². The molecule has 1 heterocycles. The van der Waals surface area contributed by atoms with Crippen LogP contribution in [0.1, 0.15) is 11.1 Å². The van der Waals surface area contributed by atoms with E-state index in [1.807, 2.05) is 37.4 Å². The minimum absolute atomic E-state index is 0.426. The number of pyridine rings is 1. The Morgan fingerprint density at radius 1 is 1.28 bits per heavy atom. The van der Waals surface area contributed by atoms with Gasteiger partial charge in [-0.25, -0.2) is 4.98 Å². The molecular weight excluding hydrogens is 248 g/mol. The summed E-state index contributed by atoms with van der Waals surface area (Å²) in [6, 6.07) is 11.7. The largest absolute Gasteiger partial charge is 0.489 e. The van der Waals surface area contributed by atoms with Gasteiger partial charge < -0.3 is 10.1 Å². The van der Waals surface area contributed by atoms with Crippen molar-refractivity contribution in [2.24, 2.45) is 0 Å². The Balaban J connectivity index is 2.02. The number of aromatic nitrogens is 1. The fourth-order valence-corrected chi connectivity index (χ4v) is 1.81. The summed E-state index contributed by atoms with van der Waals surface area (Å²) < 4.78 is 5.71. The first-order valence-electron chi connectivity index (χ1n) is 5.75. The lowest BCUT2D eigenvalue weighted by Gasteiger charge is -2.08. The van der Waals surface area contributed by atoms with E-state index >= 15 is 0 Å². The lowest BCUT2D eigenvalue weighted by atomic mass is 10.2. The van der Waals surface area contributed by atoms with Crippen LogP contribution < -0.4 is 10.1 Å². The number of hydrogen-bond donors (Lipinski definition) is 1. The molecule has 1 N–H and O–H groups in total. The first-order chi connectivity index (χ1) is 8.79. The molecule has 0 spiro atoms. The van der Waals surface area contributed by atoms with E-state index in [2.05, 4.69) is 16.4 Å².